The lowest BCUT2D eigenvalue weighted by Gasteiger charge is -2.22. The number of amides is 3. The molecule has 0 aromatic heterocycles. The maximum atomic E-state index is 15.4. The van der Waals surface area contributed by atoms with Gasteiger partial charge in [0.2, 0.25) is 5.67 Å². The van der Waals surface area contributed by atoms with E-state index >= 15 is 4.39 Å². The first-order valence-electron chi connectivity index (χ1n) is 9.96. The van der Waals surface area contributed by atoms with Gasteiger partial charge in [-0.15, -0.1) is 0 Å². The van der Waals surface area contributed by atoms with E-state index in [0.717, 1.165) is 30.3 Å². The summed E-state index contributed by atoms with van der Waals surface area (Å²) >= 11 is 0. The fraction of sp³-hybridized carbons (Fsp3) is 0.130. The van der Waals surface area contributed by atoms with Gasteiger partial charge in [-0.2, -0.15) is 13.2 Å². The molecule has 2 aromatic rings. The summed E-state index contributed by atoms with van der Waals surface area (Å²) in [6, 6.07) is 10.0. The lowest BCUT2D eigenvalue weighted by molar-refractivity contribution is -0.137. The van der Waals surface area contributed by atoms with E-state index in [1.807, 2.05) is 0 Å². The number of nitrogens with two attached hydrogens (primary N) is 1. The zero-order chi connectivity index (χ0) is 24.5. The number of hydrogen-bond acceptors (Lipinski definition) is 4. The second kappa shape index (κ2) is 8.58. The molecule has 1 aliphatic carbocycles. The maximum absolute atomic E-state index is 15.4. The van der Waals surface area contributed by atoms with Crippen LogP contribution in [0, 0.1) is 0 Å². The summed E-state index contributed by atoms with van der Waals surface area (Å²) in [5.74, 6) is -1.11. The molecule has 2 aliphatic rings. The molecule has 0 fully saturated rings. The van der Waals surface area contributed by atoms with Crippen molar-refractivity contribution in [3.63, 3.8) is 0 Å². The summed E-state index contributed by atoms with van der Waals surface area (Å²) in [6.45, 7) is -0.0220. The van der Waals surface area contributed by atoms with Crippen LogP contribution in [-0.4, -0.2) is 17.6 Å². The minimum absolute atomic E-state index is 0.0220. The Kier molecular flexibility index (Phi) is 5.78. The smallest absolute Gasteiger partial charge is 0.382 e. The van der Waals surface area contributed by atoms with Crippen molar-refractivity contribution in [1.29, 1.82) is 0 Å². The Morgan fingerprint density at radius 1 is 1.09 bits per heavy atom. The number of hydrogen-bond donors (Lipinski definition) is 4. The van der Waals surface area contributed by atoms with E-state index in [2.05, 4.69) is 16.1 Å². The van der Waals surface area contributed by atoms with E-state index in [9.17, 15) is 22.8 Å². The number of anilines is 1. The number of hydroxylamine groups is 1. The summed E-state index contributed by atoms with van der Waals surface area (Å²) in [6.07, 6.45) is -0.641. The fourth-order valence-corrected chi connectivity index (χ4v) is 3.57. The third-order valence-corrected chi connectivity index (χ3v) is 5.25. The molecule has 0 bridgehead atoms. The topological polar surface area (TPSA) is 105 Å². The molecule has 1 aliphatic heterocycles. The minimum Gasteiger partial charge on any atom is -0.382 e. The maximum Gasteiger partial charge on any atom is 0.416 e. The minimum atomic E-state index is -4.48. The van der Waals surface area contributed by atoms with Gasteiger partial charge >= 0.3 is 12.2 Å². The number of fused-ring (bicyclic) bond motifs is 1. The van der Waals surface area contributed by atoms with Gasteiger partial charge in [0.25, 0.3) is 5.91 Å². The van der Waals surface area contributed by atoms with E-state index in [1.165, 1.54) is 12.2 Å². The number of carbonyl (C=O) groups excluding carboxylic acids is 2. The van der Waals surface area contributed by atoms with Gasteiger partial charge in [-0.1, -0.05) is 30.3 Å². The molecule has 1 atom stereocenters. The molecule has 0 saturated heterocycles. The molecule has 0 spiro atoms. The predicted molar refractivity (Wildman–Crippen MR) is 115 cm³/mol. The van der Waals surface area contributed by atoms with Crippen LogP contribution in [0.4, 0.5) is 28.0 Å². The highest BCUT2D eigenvalue weighted by Crippen LogP contribution is 2.42. The van der Waals surface area contributed by atoms with E-state index in [4.69, 9.17) is 10.6 Å². The molecule has 176 valence electrons. The quantitative estimate of drug-likeness (QED) is 0.493. The molecule has 1 heterocycles. The zero-order valence-electron chi connectivity index (χ0n) is 17.4. The van der Waals surface area contributed by atoms with Gasteiger partial charge in [0.1, 0.15) is 0 Å². The Bertz CT molecular complexity index is 1240. The normalized spacial score (nSPS) is 19.0. The second-order valence-electron chi connectivity index (χ2n) is 7.46. The largest absolute Gasteiger partial charge is 0.416 e. The Hall–Kier alpha value is -4.28. The monoisotopic (exact) mass is 474 g/mol. The second-order valence-corrected chi connectivity index (χ2v) is 7.46. The van der Waals surface area contributed by atoms with Crippen molar-refractivity contribution >= 4 is 23.3 Å². The van der Waals surface area contributed by atoms with Crippen LogP contribution in [0.2, 0.25) is 0 Å². The highest BCUT2D eigenvalue weighted by molar-refractivity contribution is 5.96. The Labute approximate surface area is 190 Å². The van der Waals surface area contributed by atoms with Crippen molar-refractivity contribution < 1.29 is 32.0 Å². The first-order chi connectivity index (χ1) is 16.1. The molecule has 4 rings (SSSR count). The number of primary amides is 1. The number of urea groups is 1. The van der Waals surface area contributed by atoms with Crippen LogP contribution < -0.4 is 21.8 Å². The van der Waals surface area contributed by atoms with Gasteiger partial charge in [-0.3, -0.25) is 4.79 Å². The van der Waals surface area contributed by atoms with Gasteiger partial charge in [0.15, 0.2) is 5.76 Å². The lowest BCUT2D eigenvalue weighted by atomic mass is 9.86. The van der Waals surface area contributed by atoms with Crippen molar-refractivity contribution in [1.82, 2.24) is 10.8 Å². The van der Waals surface area contributed by atoms with Crippen LogP contribution in [0.5, 0.6) is 0 Å². The average molecular weight is 474 g/mol. The van der Waals surface area contributed by atoms with E-state index in [0.29, 0.717) is 11.1 Å². The van der Waals surface area contributed by atoms with Crippen LogP contribution in [0.3, 0.4) is 0 Å². The van der Waals surface area contributed by atoms with Crippen LogP contribution >= 0.6 is 0 Å². The zero-order valence-corrected chi connectivity index (χ0v) is 17.4. The van der Waals surface area contributed by atoms with Gasteiger partial charge < -0.3 is 21.2 Å². The standard InChI is InChI=1S/C23H18F4N4O3/c24-22(20(28)32)11-3-6-17-18(22)19(31-34-17)16-5-2-1-4-13(16)12-29-21(33)30-15-9-7-14(8-10-15)23(25,26)27/h1-11,31H,12H2,(H2,28,32)(H2,29,30,33). The van der Waals surface area contributed by atoms with Crippen molar-refractivity contribution in [2.24, 2.45) is 5.73 Å². The number of allylic oxidation sites excluding steroid dienone is 3. The third-order valence-electron chi connectivity index (χ3n) is 5.25. The molecular formula is C23H18F4N4O3. The highest BCUT2D eigenvalue weighted by atomic mass is 19.4. The number of halogens is 4. The number of carbonyl (C=O) groups is 2. The van der Waals surface area contributed by atoms with Gasteiger partial charge in [0, 0.05) is 17.8 Å². The molecule has 34 heavy (non-hydrogen) atoms. The molecule has 11 heteroatoms. The molecule has 3 amide bonds. The summed E-state index contributed by atoms with van der Waals surface area (Å²) in [4.78, 5) is 29.5. The van der Waals surface area contributed by atoms with E-state index in [-0.39, 0.29) is 29.3 Å². The molecule has 2 aromatic carbocycles. The number of nitrogens with one attached hydrogen (secondary N) is 3. The van der Waals surface area contributed by atoms with Gasteiger partial charge in [0.05, 0.1) is 16.8 Å². The molecule has 0 radical (unpaired) electrons. The summed E-state index contributed by atoms with van der Waals surface area (Å²) in [5.41, 5.74) is 5.76. The molecular weight excluding hydrogens is 456 g/mol. The van der Waals surface area contributed by atoms with Crippen LogP contribution in [-0.2, 0) is 22.4 Å². The van der Waals surface area contributed by atoms with Crippen molar-refractivity contribution in [2.45, 2.75) is 18.4 Å². The number of alkyl halides is 4. The van der Waals surface area contributed by atoms with E-state index < -0.39 is 29.3 Å². The molecule has 0 saturated carbocycles. The first-order valence-corrected chi connectivity index (χ1v) is 9.96. The van der Waals surface area contributed by atoms with Crippen LogP contribution in [0.15, 0.2) is 78.1 Å². The first kappa shape index (κ1) is 22.9. The predicted octanol–water partition coefficient (Wildman–Crippen LogP) is 3.92. The van der Waals surface area contributed by atoms with E-state index in [1.54, 1.807) is 24.3 Å². The lowest BCUT2D eigenvalue weighted by Crippen LogP contribution is -2.41. The van der Waals surface area contributed by atoms with Crippen molar-refractivity contribution in [3.8, 4) is 0 Å². The Balaban J connectivity index is 1.53. The Morgan fingerprint density at radius 2 is 1.79 bits per heavy atom. The third kappa shape index (κ3) is 4.32. The van der Waals surface area contributed by atoms with Crippen molar-refractivity contribution in [3.05, 3.63) is 94.8 Å². The fourth-order valence-electron chi connectivity index (χ4n) is 3.57. The van der Waals surface area contributed by atoms with Crippen LogP contribution in [0.25, 0.3) is 5.70 Å². The van der Waals surface area contributed by atoms with Crippen molar-refractivity contribution in [2.75, 3.05) is 5.32 Å². The number of benzene rings is 2. The van der Waals surface area contributed by atoms with Crippen LogP contribution in [0.1, 0.15) is 16.7 Å². The molecule has 7 nitrogen and oxygen atoms in total. The number of rotatable bonds is 5. The summed E-state index contributed by atoms with van der Waals surface area (Å²) in [5, 5.41) is 5.04. The Morgan fingerprint density at radius 3 is 2.47 bits per heavy atom. The SMILES string of the molecule is NC(=O)C1(F)C=CC=C2ONC(c3ccccc3CNC(=O)Nc3ccc(C(F)(F)F)cc3)=C21. The van der Waals surface area contributed by atoms with Gasteiger partial charge in [-0.05, 0) is 42.0 Å². The average Bonchev–Trinajstić information content (AvgIpc) is 3.23. The molecule has 1 unspecified atom stereocenters. The summed E-state index contributed by atoms with van der Waals surface area (Å²) in [7, 11) is 0. The summed E-state index contributed by atoms with van der Waals surface area (Å²) < 4.78 is 53.5. The van der Waals surface area contributed by atoms with Gasteiger partial charge in [-0.25, -0.2) is 14.7 Å². The molecule has 5 N–H and O–H groups in total. The highest BCUT2D eigenvalue weighted by Gasteiger charge is 2.47.